The van der Waals surface area contributed by atoms with Crippen LogP contribution in [0.1, 0.15) is 50.1 Å². The molecule has 128 valence electrons. The molecule has 6 heteroatoms. The molecule has 0 aliphatic heterocycles. The van der Waals surface area contributed by atoms with E-state index in [1.54, 1.807) is 24.3 Å². The number of fused-ring (bicyclic) bond motifs is 1. The van der Waals surface area contributed by atoms with Crippen LogP contribution < -0.4 is 5.32 Å². The number of nitriles is 1. The van der Waals surface area contributed by atoms with Crippen LogP contribution in [0.25, 0.3) is 0 Å². The van der Waals surface area contributed by atoms with Crippen molar-refractivity contribution in [2.24, 2.45) is 5.92 Å². The van der Waals surface area contributed by atoms with Crippen molar-refractivity contribution in [1.82, 2.24) is 0 Å². The molecular formula is C19H18N2O3S. The van der Waals surface area contributed by atoms with Crippen molar-refractivity contribution in [3.05, 3.63) is 51.4 Å². The zero-order valence-corrected chi connectivity index (χ0v) is 14.9. The summed E-state index contributed by atoms with van der Waals surface area (Å²) >= 11 is 1.50. The lowest BCUT2D eigenvalue weighted by Crippen LogP contribution is -2.12. The lowest BCUT2D eigenvalue weighted by Gasteiger charge is -2.17. The van der Waals surface area contributed by atoms with Gasteiger partial charge in [-0.25, -0.2) is 4.79 Å². The Morgan fingerprint density at radius 3 is 2.60 bits per heavy atom. The van der Waals surface area contributed by atoms with Crippen molar-refractivity contribution in [3.63, 3.8) is 0 Å². The van der Waals surface area contributed by atoms with Gasteiger partial charge in [-0.3, -0.25) is 4.79 Å². The van der Waals surface area contributed by atoms with Gasteiger partial charge in [-0.15, -0.1) is 11.3 Å². The molecule has 0 saturated carbocycles. The number of thiophene rings is 1. The molecule has 1 aliphatic carbocycles. The second-order valence-electron chi connectivity index (χ2n) is 6.19. The van der Waals surface area contributed by atoms with E-state index in [1.165, 1.54) is 23.3 Å². The summed E-state index contributed by atoms with van der Waals surface area (Å²) in [5.41, 5.74) is 2.49. The zero-order chi connectivity index (χ0) is 18.0. The Kier molecular flexibility index (Phi) is 4.86. The number of hydrogen-bond acceptors (Lipinski definition) is 5. The number of nitrogens with zero attached hydrogens (tertiary/aromatic N) is 1. The highest BCUT2D eigenvalue weighted by molar-refractivity contribution is 7.16. The lowest BCUT2D eigenvalue weighted by molar-refractivity contribution is 0.0600. The first-order valence-electron chi connectivity index (χ1n) is 8.07. The van der Waals surface area contributed by atoms with Crippen LogP contribution in [0.3, 0.4) is 0 Å². The van der Waals surface area contributed by atoms with E-state index in [0.29, 0.717) is 27.6 Å². The minimum atomic E-state index is -0.446. The van der Waals surface area contributed by atoms with Crippen molar-refractivity contribution >= 4 is 28.2 Å². The van der Waals surface area contributed by atoms with Crippen molar-refractivity contribution in [1.29, 1.82) is 5.26 Å². The van der Waals surface area contributed by atoms with E-state index in [9.17, 15) is 14.9 Å². The molecule has 3 rings (SSSR count). The van der Waals surface area contributed by atoms with E-state index in [2.05, 4.69) is 23.0 Å². The van der Waals surface area contributed by atoms with Crippen LogP contribution in [0.5, 0.6) is 0 Å². The van der Waals surface area contributed by atoms with Crippen molar-refractivity contribution in [2.45, 2.75) is 26.2 Å². The third-order valence-electron chi connectivity index (χ3n) is 4.42. The summed E-state index contributed by atoms with van der Waals surface area (Å²) in [6, 6.07) is 8.48. The Morgan fingerprint density at radius 2 is 1.96 bits per heavy atom. The largest absolute Gasteiger partial charge is 0.465 e. The molecule has 1 heterocycles. The van der Waals surface area contributed by atoms with E-state index in [0.717, 1.165) is 24.8 Å². The van der Waals surface area contributed by atoms with Crippen LogP contribution >= 0.6 is 11.3 Å². The number of carbonyl (C=O) groups is 2. The maximum absolute atomic E-state index is 12.5. The van der Waals surface area contributed by atoms with Crippen molar-refractivity contribution < 1.29 is 14.3 Å². The summed E-state index contributed by atoms with van der Waals surface area (Å²) in [4.78, 5) is 25.1. The average Bonchev–Trinajstić information content (AvgIpc) is 2.96. The summed E-state index contributed by atoms with van der Waals surface area (Å²) in [6.07, 6.45) is 2.92. The zero-order valence-electron chi connectivity index (χ0n) is 14.1. The number of amides is 1. The topological polar surface area (TPSA) is 79.2 Å². The van der Waals surface area contributed by atoms with Gasteiger partial charge in [-0.1, -0.05) is 6.92 Å². The monoisotopic (exact) mass is 354 g/mol. The van der Waals surface area contributed by atoms with Crippen LogP contribution in [0.4, 0.5) is 5.00 Å². The molecule has 25 heavy (non-hydrogen) atoms. The molecule has 0 radical (unpaired) electrons. The Balaban J connectivity index is 1.82. The number of anilines is 1. The Labute approximate surface area is 150 Å². The highest BCUT2D eigenvalue weighted by atomic mass is 32.1. The van der Waals surface area contributed by atoms with Gasteiger partial charge in [0.2, 0.25) is 0 Å². The summed E-state index contributed by atoms with van der Waals surface area (Å²) < 4.78 is 4.64. The molecule has 0 bridgehead atoms. The standard InChI is InChI=1S/C19H18N2O3S/c1-11-3-8-14-15(10-20)18(25-16(14)9-11)21-17(22)12-4-6-13(7-5-12)19(23)24-2/h4-7,11H,3,8-9H2,1-2H3,(H,21,22)/t11-/m0/s1. The van der Waals surface area contributed by atoms with Gasteiger partial charge in [0.25, 0.3) is 5.91 Å². The summed E-state index contributed by atoms with van der Waals surface area (Å²) in [6.45, 7) is 2.20. The number of methoxy groups -OCH3 is 1. The lowest BCUT2D eigenvalue weighted by atomic mass is 9.88. The highest BCUT2D eigenvalue weighted by Gasteiger charge is 2.24. The van der Waals surface area contributed by atoms with Gasteiger partial charge in [-0.2, -0.15) is 5.26 Å². The average molecular weight is 354 g/mol. The third-order valence-corrected chi connectivity index (χ3v) is 5.59. The van der Waals surface area contributed by atoms with Crippen LogP contribution in [0.2, 0.25) is 0 Å². The van der Waals surface area contributed by atoms with Gasteiger partial charge in [0.1, 0.15) is 11.1 Å². The minimum absolute atomic E-state index is 0.292. The maximum atomic E-state index is 12.5. The number of esters is 1. The maximum Gasteiger partial charge on any atom is 0.337 e. The molecule has 1 aromatic heterocycles. The van der Waals surface area contributed by atoms with E-state index >= 15 is 0 Å². The molecular weight excluding hydrogens is 336 g/mol. The molecule has 0 saturated heterocycles. The molecule has 0 unspecified atom stereocenters. The predicted molar refractivity (Wildman–Crippen MR) is 96.0 cm³/mol. The first kappa shape index (κ1) is 17.2. The van der Waals surface area contributed by atoms with E-state index in [4.69, 9.17) is 0 Å². The molecule has 1 aliphatic rings. The fraction of sp³-hybridized carbons (Fsp3) is 0.316. The fourth-order valence-electron chi connectivity index (χ4n) is 3.01. The van der Waals surface area contributed by atoms with Crippen LogP contribution in [-0.2, 0) is 17.6 Å². The molecule has 1 atom stereocenters. The van der Waals surface area contributed by atoms with Gasteiger partial charge in [-0.05, 0) is 55.0 Å². The number of rotatable bonds is 3. The van der Waals surface area contributed by atoms with Crippen molar-refractivity contribution in [2.75, 3.05) is 12.4 Å². The Bertz CT molecular complexity index is 862. The number of hydrogen-bond donors (Lipinski definition) is 1. The normalized spacial score (nSPS) is 15.8. The fourth-order valence-corrected chi connectivity index (χ4v) is 4.36. The molecule has 0 spiro atoms. The van der Waals surface area contributed by atoms with Crippen molar-refractivity contribution in [3.8, 4) is 6.07 Å². The number of benzene rings is 1. The Hall–Kier alpha value is -2.65. The molecule has 0 fully saturated rings. The number of carbonyl (C=O) groups excluding carboxylic acids is 2. The molecule has 1 N–H and O–H groups in total. The van der Waals surface area contributed by atoms with E-state index in [1.807, 2.05) is 0 Å². The summed E-state index contributed by atoms with van der Waals surface area (Å²) in [5, 5.41) is 13.0. The second kappa shape index (κ2) is 7.08. The first-order valence-corrected chi connectivity index (χ1v) is 8.89. The van der Waals surface area contributed by atoms with Gasteiger partial charge in [0.05, 0.1) is 18.2 Å². The molecule has 5 nitrogen and oxygen atoms in total. The van der Waals surface area contributed by atoms with Crippen LogP contribution in [0, 0.1) is 17.2 Å². The summed E-state index contributed by atoms with van der Waals surface area (Å²) in [5.74, 6) is -0.134. The van der Waals surface area contributed by atoms with Gasteiger partial charge in [0, 0.05) is 10.4 Å². The van der Waals surface area contributed by atoms with Crippen LogP contribution in [0.15, 0.2) is 24.3 Å². The smallest absolute Gasteiger partial charge is 0.337 e. The number of nitrogens with one attached hydrogen (secondary N) is 1. The van der Waals surface area contributed by atoms with Gasteiger partial charge in [0.15, 0.2) is 0 Å². The van der Waals surface area contributed by atoms with E-state index in [-0.39, 0.29) is 5.91 Å². The quantitative estimate of drug-likeness (QED) is 0.851. The minimum Gasteiger partial charge on any atom is -0.465 e. The van der Waals surface area contributed by atoms with Crippen LogP contribution in [-0.4, -0.2) is 19.0 Å². The SMILES string of the molecule is COC(=O)c1ccc(C(=O)Nc2sc3c(c2C#N)CC[C@H](C)C3)cc1. The van der Waals surface area contributed by atoms with E-state index < -0.39 is 5.97 Å². The Morgan fingerprint density at radius 1 is 1.28 bits per heavy atom. The highest BCUT2D eigenvalue weighted by Crippen LogP contribution is 2.39. The predicted octanol–water partition coefficient (Wildman–Crippen LogP) is 3.78. The van der Waals surface area contributed by atoms with Gasteiger partial charge >= 0.3 is 5.97 Å². The molecule has 2 aromatic rings. The number of ether oxygens (including phenoxy) is 1. The summed E-state index contributed by atoms with van der Waals surface area (Å²) in [7, 11) is 1.31. The first-order chi connectivity index (χ1) is 12.0. The second-order valence-corrected chi connectivity index (χ2v) is 7.30. The third kappa shape index (κ3) is 3.42. The molecule has 1 aromatic carbocycles. The van der Waals surface area contributed by atoms with Gasteiger partial charge < -0.3 is 10.1 Å². The molecule has 1 amide bonds.